The highest BCUT2D eigenvalue weighted by Gasteiger charge is 1.92. The lowest BCUT2D eigenvalue weighted by atomic mass is 10.3. The maximum absolute atomic E-state index is 8.35. The minimum Gasteiger partial charge on any atom is -0.457 e. The summed E-state index contributed by atoms with van der Waals surface area (Å²) in [6.45, 7) is 0.188. The van der Waals surface area contributed by atoms with Gasteiger partial charge >= 0.3 is 0 Å². The van der Waals surface area contributed by atoms with Crippen LogP contribution in [-0.2, 0) is 9.59 Å². The first-order valence-corrected chi connectivity index (χ1v) is 6.77. The Balaban J connectivity index is 0. The number of carbonyl (C=O) groups excluding carboxylic acids is 2. The zero-order chi connectivity index (χ0) is 18.5. The number of rotatable bonds is 4. The lowest BCUT2D eigenvalue weighted by Gasteiger charge is -2.03. The summed E-state index contributed by atoms with van der Waals surface area (Å²) in [5.74, 6) is 1.74. The van der Waals surface area contributed by atoms with Crippen LogP contribution >= 0.6 is 0 Å². The number of nitrogens with one attached hydrogen (secondary N) is 2. The van der Waals surface area contributed by atoms with Gasteiger partial charge in [-0.3, -0.25) is 0 Å². The van der Waals surface area contributed by atoms with Crippen LogP contribution in [0.4, 0.5) is 0 Å². The highest BCUT2D eigenvalue weighted by molar-refractivity contribution is 5.30. The fraction of sp³-hybridized carbons (Fsp3) is 0.176. The predicted octanol–water partition coefficient (Wildman–Crippen LogP) is 2.64. The summed E-state index contributed by atoms with van der Waals surface area (Å²) < 4.78 is 5.58. The van der Waals surface area contributed by atoms with Gasteiger partial charge in [-0.05, 0) is 30.7 Å². The molecule has 4 N–H and O–H groups in total. The topological polar surface area (TPSA) is 132 Å². The lowest BCUT2D eigenvalue weighted by Crippen LogP contribution is -1.85. The van der Waals surface area contributed by atoms with Crippen LogP contribution in [0.15, 0.2) is 60.7 Å². The molecule has 0 radical (unpaired) electrons. The van der Waals surface area contributed by atoms with E-state index in [4.69, 9.17) is 35.4 Å². The van der Waals surface area contributed by atoms with E-state index in [0.717, 1.165) is 23.7 Å². The summed E-state index contributed by atoms with van der Waals surface area (Å²) in [6, 6.07) is 19.5. The summed E-state index contributed by atoms with van der Waals surface area (Å²) in [7, 11) is 0. The summed E-state index contributed by atoms with van der Waals surface area (Å²) in [4.78, 5) is 16.7. The molecule has 0 aromatic heterocycles. The number of para-hydroxylation sites is 2. The third kappa shape index (κ3) is 17.0. The minimum atomic E-state index is 0.0938. The third-order valence-corrected chi connectivity index (χ3v) is 2.04. The van der Waals surface area contributed by atoms with Crippen molar-refractivity contribution in [2.75, 3.05) is 13.2 Å². The van der Waals surface area contributed by atoms with Crippen LogP contribution in [0.3, 0.4) is 0 Å². The van der Waals surface area contributed by atoms with Crippen LogP contribution in [0.25, 0.3) is 0 Å². The SMILES string of the molecule is N=C=O.N=C=O.OCCCO.c1ccc(Oc2ccccc2)cc1. The quantitative estimate of drug-likeness (QED) is 0.505. The molecular formula is C17H20N2O5. The molecule has 128 valence electrons. The van der Waals surface area contributed by atoms with Crippen molar-refractivity contribution in [2.45, 2.75) is 6.42 Å². The number of isocyanates is 2. The van der Waals surface area contributed by atoms with E-state index < -0.39 is 0 Å². The van der Waals surface area contributed by atoms with Crippen molar-refractivity contribution in [3.05, 3.63) is 60.7 Å². The minimum absolute atomic E-state index is 0.0938. The first-order chi connectivity index (χ1) is 11.7. The van der Waals surface area contributed by atoms with E-state index in [1.807, 2.05) is 60.7 Å². The zero-order valence-corrected chi connectivity index (χ0v) is 13.0. The number of aliphatic hydroxyl groups is 2. The fourth-order valence-electron chi connectivity index (χ4n) is 1.18. The van der Waals surface area contributed by atoms with Crippen molar-refractivity contribution in [3.8, 4) is 11.5 Å². The smallest absolute Gasteiger partial charge is 0.231 e. The van der Waals surface area contributed by atoms with Gasteiger partial charge in [-0.15, -0.1) is 0 Å². The largest absolute Gasteiger partial charge is 0.457 e. The van der Waals surface area contributed by atoms with Gasteiger partial charge in [-0.25, -0.2) is 20.4 Å². The summed E-state index contributed by atoms with van der Waals surface area (Å²) in [5, 5.41) is 26.6. The summed E-state index contributed by atoms with van der Waals surface area (Å²) in [6.07, 6.45) is 2.00. The molecule has 0 bridgehead atoms. The van der Waals surface area contributed by atoms with E-state index in [0.29, 0.717) is 6.42 Å². The Hall–Kier alpha value is -3.08. The molecule has 0 heterocycles. The Kier molecular flexibility index (Phi) is 19.2. The molecule has 0 saturated carbocycles. The van der Waals surface area contributed by atoms with Gasteiger partial charge < -0.3 is 14.9 Å². The molecule has 0 spiro atoms. The molecule has 2 aromatic carbocycles. The Labute approximate surface area is 140 Å². The first-order valence-electron chi connectivity index (χ1n) is 6.77. The van der Waals surface area contributed by atoms with Crippen LogP contribution in [0.1, 0.15) is 6.42 Å². The third-order valence-electron chi connectivity index (χ3n) is 2.04. The van der Waals surface area contributed by atoms with E-state index in [-0.39, 0.29) is 13.2 Å². The van der Waals surface area contributed by atoms with Gasteiger partial charge in [-0.2, -0.15) is 0 Å². The monoisotopic (exact) mass is 332 g/mol. The average molecular weight is 332 g/mol. The van der Waals surface area contributed by atoms with Gasteiger partial charge in [0, 0.05) is 13.2 Å². The normalized spacial score (nSPS) is 7.58. The van der Waals surface area contributed by atoms with Gasteiger partial charge in [0.1, 0.15) is 11.5 Å². The van der Waals surface area contributed by atoms with Gasteiger partial charge in [0.05, 0.1) is 0 Å². The molecule has 0 fully saturated rings. The Morgan fingerprint density at radius 1 is 0.750 bits per heavy atom. The van der Waals surface area contributed by atoms with Crippen molar-refractivity contribution in [1.29, 1.82) is 10.8 Å². The first kappa shape index (κ1) is 23.2. The maximum Gasteiger partial charge on any atom is 0.231 e. The van der Waals surface area contributed by atoms with Crippen LogP contribution < -0.4 is 4.74 Å². The molecule has 0 amide bonds. The Morgan fingerprint density at radius 3 is 1.25 bits per heavy atom. The lowest BCUT2D eigenvalue weighted by molar-refractivity contribution is 0.221. The number of hydrogen-bond acceptors (Lipinski definition) is 7. The Morgan fingerprint density at radius 2 is 1.04 bits per heavy atom. The highest BCUT2D eigenvalue weighted by atomic mass is 16.5. The van der Waals surface area contributed by atoms with E-state index in [1.165, 1.54) is 0 Å². The highest BCUT2D eigenvalue weighted by Crippen LogP contribution is 2.19. The van der Waals surface area contributed by atoms with E-state index >= 15 is 0 Å². The Bertz CT molecular complexity index is 513. The van der Waals surface area contributed by atoms with Gasteiger partial charge in [0.15, 0.2) is 0 Å². The van der Waals surface area contributed by atoms with E-state index in [1.54, 1.807) is 0 Å². The molecule has 7 nitrogen and oxygen atoms in total. The van der Waals surface area contributed by atoms with Crippen molar-refractivity contribution in [2.24, 2.45) is 0 Å². The second kappa shape index (κ2) is 19.9. The predicted molar refractivity (Wildman–Crippen MR) is 88.6 cm³/mol. The number of benzene rings is 2. The molecule has 0 unspecified atom stereocenters. The fourth-order valence-corrected chi connectivity index (χ4v) is 1.18. The molecule has 0 aliphatic heterocycles. The second-order valence-electron chi connectivity index (χ2n) is 3.73. The van der Waals surface area contributed by atoms with Crippen LogP contribution in [-0.4, -0.2) is 35.6 Å². The van der Waals surface area contributed by atoms with E-state index in [2.05, 4.69) is 0 Å². The molecule has 0 saturated heterocycles. The number of aliphatic hydroxyl groups excluding tert-OH is 2. The molecule has 2 rings (SSSR count). The molecule has 24 heavy (non-hydrogen) atoms. The standard InChI is InChI=1S/C12H10O.C3H8O2.2CHNO/c1-3-7-11(8-4-1)13-12-9-5-2-6-10-12;4-2-1-3-5;2*2-1-3/h1-10H;4-5H,1-3H2;2*2H. The van der Waals surface area contributed by atoms with Gasteiger partial charge in [-0.1, -0.05) is 36.4 Å². The average Bonchev–Trinajstić information content (AvgIpc) is 2.59. The van der Waals surface area contributed by atoms with Crippen molar-refractivity contribution >= 4 is 12.2 Å². The van der Waals surface area contributed by atoms with Crippen LogP contribution in [0.2, 0.25) is 0 Å². The van der Waals surface area contributed by atoms with E-state index in [9.17, 15) is 0 Å². The molecule has 0 aliphatic rings. The summed E-state index contributed by atoms with van der Waals surface area (Å²) >= 11 is 0. The molecule has 0 aliphatic carbocycles. The summed E-state index contributed by atoms with van der Waals surface area (Å²) in [5.41, 5.74) is 0. The van der Waals surface area contributed by atoms with Gasteiger partial charge in [0.2, 0.25) is 12.2 Å². The van der Waals surface area contributed by atoms with Crippen molar-refractivity contribution in [1.82, 2.24) is 0 Å². The molecular weight excluding hydrogens is 312 g/mol. The molecule has 2 aromatic rings. The maximum atomic E-state index is 8.35. The number of hydrogen-bond donors (Lipinski definition) is 4. The number of ether oxygens (including phenoxy) is 1. The second-order valence-corrected chi connectivity index (χ2v) is 3.73. The van der Waals surface area contributed by atoms with Crippen LogP contribution in [0.5, 0.6) is 11.5 Å². The van der Waals surface area contributed by atoms with Gasteiger partial charge in [0.25, 0.3) is 0 Å². The van der Waals surface area contributed by atoms with Crippen molar-refractivity contribution in [3.63, 3.8) is 0 Å². The molecule has 7 heteroatoms. The van der Waals surface area contributed by atoms with Crippen LogP contribution in [0, 0.1) is 10.8 Å². The zero-order valence-electron chi connectivity index (χ0n) is 13.0. The molecule has 0 atom stereocenters. The van der Waals surface area contributed by atoms with Crippen molar-refractivity contribution < 1.29 is 24.5 Å².